The zero-order valence-electron chi connectivity index (χ0n) is 16.4. The van der Waals surface area contributed by atoms with E-state index in [2.05, 4.69) is 20.7 Å². The molecule has 1 aliphatic carbocycles. The third-order valence-corrected chi connectivity index (χ3v) is 4.46. The summed E-state index contributed by atoms with van der Waals surface area (Å²) in [7, 11) is 1.37. The maximum Gasteiger partial charge on any atom is 0.387 e. The van der Waals surface area contributed by atoms with Gasteiger partial charge in [-0.15, -0.1) is 0 Å². The molecule has 3 N–H and O–H groups in total. The first kappa shape index (κ1) is 21.4. The molecule has 0 radical (unpaired) electrons. The van der Waals surface area contributed by atoms with Crippen molar-refractivity contribution in [2.24, 2.45) is 0 Å². The number of hydrogen-bond acceptors (Lipinski definition) is 4. The van der Waals surface area contributed by atoms with Crippen LogP contribution in [0.3, 0.4) is 0 Å². The maximum atomic E-state index is 12.5. The Balaban J connectivity index is 1.48. The highest BCUT2D eigenvalue weighted by Crippen LogP contribution is 2.29. The topological polar surface area (TPSA) is 88.7 Å². The summed E-state index contributed by atoms with van der Waals surface area (Å²) in [5, 5.41) is 8.30. The average molecular weight is 419 g/mol. The van der Waals surface area contributed by atoms with Gasteiger partial charge in [0.25, 0.3) is 5.91 Å². The summed E-state index contributed by atoms with van der Waals surface area (Å²) >= 11 is 0. The minimum absolute atomic E-state index is 0.0508. The van der Waals surface area contributed by atoms with Crippen molar-refractivity contribution in [3.63, 3.8) is 0 Å². The second kappa shape index (κ2) is 9.91. The van der Waals surface area contributed by atoms with Gasteiger partial charge in [-0.3, -0.25) is 4.79 Å². The third kappa shape index (κ3) is 6.33. The Kier molecular flexibility index (Phi) is 7.05. The van der Waals surface area contributed by atoms with Crippen molar-refractivity contribution < 1.29 is 27.8 Å². The van der Waals surface area contributed by atoms with Gasteiger partial charge in [0, 0.05) is 23.8 Å². The quantitative estimate of drug-likeness (QED) is 0.580. The van der Waals surface area contributed by atoms with Crippen LogP contribution in [-0.2, 0) is 6.42 Å². The predicted molar refractivity (Wildman–Crippen MR) is 107 cm³/mol. The normalized spacial score (nSPS) is 12.9. The molecule has 9 heteroatoms. The fraction of sp³-hybridized carbons (Fsp3) is 0.333. The van der Waals surface area contributed by atoms with E-state index in [1.165, 1.54) is 13.2 Å². The molecule has 0 unspecified atom stereocenters. The molecule has 0 spiro atoms. The standard InChI is InChI=1S/C21H23F2N3O4/c1-29-17-9-2-13(12-18(17)30-20(22)23)10-11-24-19(27)14-3-5-15(6-4-14)25-21(28)26-16-7-8-16/h2-6,9,12,16,20H,7-8,10-11H2,1H3,(H,24,27)(H2,25,26,28). The number of rotatable bonds is 9. The summed E-state index contributed by atoms with van der Waals surface area (Å²) in [6.07, 6.45) is 2.43. The lowest BCUT2D eigenvalue weighted by molar-refractivity contribution is -0.0512. The van der Waals surface area contributed by atoms with Gasteiger partial charge in [-0.1, -0.05) is 6.07 Å². The Hall–Kier alpha value is -3.36. The molecule has 0 heterocycles. The molecule has 30 heavy (non-hydrogen) atoms. The number of halogens is 2. The minimum atomic E-state index is -2.95. The molecular weight excluding hydrogens is 396 g/mol. The van der Waals surface area contributed by atoms with Crippen molar-refractivity contribution in [3.05, 3.63) is 53.6 Å². The second-order valence-electron chi connectivity index (χ2n) is 6.82. The highest BCUT2D eigenvalue weighted by Gasteiger charge is 2.23. The molecule has 7 nitrogen and oxygen atoms in total. The van der Waals surface area contributed by atoms with Gasteiger partial charge in [-0.25, -0.2) is 4.79 Å². The Morgan fingerprint density at radius 3 is 2.47 bits per heavy atom. The lowest BCUT2D eigenvalue weighted by Crippen LogP contribution is -2.30. The van der Waals surface area contributed by atoms with E-state index in [1.54, 1.807) is 36.4 Å². The van der Waals surface area contributed by atoms with E-state index in [0.29, 0.717) is 29.8 Å². The molecule has 0 bridgehead atoms. The van der Waals surface area contributed by atoms with Gasteiger partial charge in [-0.2, -0.15) is 8.78 Å². The highest BCUT2D eigenvalue weighted by molar-refractivity contribution is 5.95. The van der Waals surface area contributed by atoms with E-state index in [9.17, 15) is 18.4 Å². The van der Waals surface area contributed by atoms with Crippen molar-refractivity contribution in [3.8, 4) is 11.5 Å². The summed E-state index contributed by atoms with van der Waals surface area (Å²) in [6, 6.07) is 11.3. The summed E-state index contributed by atoms with van der Waals surface area (Å²) in [5.74, 6) is -0.116. The number of carbonyl (C=O) groups is 2. The predicted octanol–water partition coefficient (Wildman–Crippen LogP) is 3.55. The van der Waals surface area contributed by atoms with Crippen molar-refractivity contribution >= 4 is 17.6 Å². The van der Waals surface area contributed by atoms with Crippen LogP contribution in [0.1, 0.15) is 28.8 Å². The molecule has 0 atom stereocenters. The van der Waals surface area contributed by atoms with Crippen molar-refractivity contribution in [2.75, 3.05) is 19.0 Å². The van der Waals surface area contributed by atoms with E-state index in [-0.39, 0.29) is 29.5 Å². The molecule has 0 aromatic heterocycles. The Morgan fingerprint density at radius 2 is 1.83 bits per heavy atom. The van der Waals surface area contributed by atoms with E-state index in [1.807, 2.05) is 0 Å². The maximum absolute atomic E-state index is 12.5. The van der Waals surface area contributed by atoms with E-state index >= 15 is 0 Å². The molecule has 2 aromatic carbocycles. The highest BCUT2D eigenvalue weighted by atomic mass is 19.3. The van der Waals surface area contributed by atoms with Gasteiger partial charge in [-0.05, 0) is 61.2 Å². The van der Waals surface area contributed by atoms with Crippen molar-refractivity contribution in [1.82, 2.24) is 10.6 Å². The molecule has 1 fully saturated rings. The zero-order valence-corrected chi connectivity index (χ0v) is 16.4. The second-order valence-corrected chi connectivity index (χ2v) is 6.82. The molecule has 1 aliphatic rings. The van der Waals surface area contributed by atoms with Gasteiger partial charge in [0.05, 0.1) is 7.11 Å². The molecule has 1 saturated carbocycles. The first-order valence-electron chi connectivity index (χ1n) is 9.52. The number of alkyl halides is 2. The Bertz CT molecular complexity index is 886. The monoisotopic (exact) mass is 419 g/mol. The molecule has 2 aromatic rings. The summed E-state index contributed by atoms with van der Waals surface area (Å²) in [5.41, 5.74) is 1.75. The average Bonchev–Trinajstić information content (AvgIpc) is 3.52. The number of hydrogen-bond donors (Lipinski definition) is 3. The number of nitrogens with one attached hydrogen (secondary N) is 3. The number of methoxy groups -OCH3 is 1. The molecule has 160 valence electrons. The fourth-order valence-electron chi connectivity index (χ4n) is 2.77. The Labute approximate surface area is 172 Å². The number of benzene rings is 2. The summed E-state index contributed by atoms with van der Waals surface area (Å²) < 4.78 is 34.5. The van der Waals surface area contributed by atoms with Gasteiger partial charge in [0.15, 0.2) is 11.5 Å². The number of anilines is 1. The van der Waals surface area contributed by atoms with Crippen LogP contribution in [0.4, 0.5) is 19.3 Å². The molecule has 3 amide bonds. The smallest absolute Gasteiger partial charge is 0.387 e. The first-order valence-corrected chi connectivity index (χ1v) is 9.52. The number of carbonyl (C=O) groups excluding carboxylic acids is 2. The molecule has 0 aliphatic heterocycles. The molecule has 3 rings (SSSR count). The van der Waals surface area contributed by atoms with Crippen molar-refractivity contribution in [1.29, 1.82) is 0 Å². The molecule has 0 saturated heterocycles. The summed E-state index contributed by atoms with van der Waals surface area (Å²) in [6.45, 7) is -2.64. The third-order valence-electron chi connectivity index (χ3n) is 4.46. The van der Waals surface area contributed by atoms with Gasteiger partial charge in [0.2, 0.25) is 0 Å². The lowest BCUT2D eigenvalue weighted by atomic mass is 10.1. The largest absolute Gasteiger partial charge is 0.493 e. The number of amides is 3. The van der Waals surface area contributed by atoms with E-state index in [0.717, 1.165) is 12.8 Å². The van der Waals surface area contributed by atoms with Crippen LogP contribution in [0.5, 0.6) is 11.5 Å². The fourth-order valence-corrected chi connectivity index (χ4v) is 2.77. The SMILES string of the molecule is COc1ccc(CCNC(=O)c2ccc(NC(=O)NC3CC3)cc2)cc1OC(F)F. The van der Waals surface area contributed by atoms with Gasteiger partial charge >= 0.3 is 12.6 Å². The van der Waals surface area contributed by atoms with Crippen LogP contribution in [0.25, 0.3) is 0 Å². The van der Waals surface area contributed by atoms with Gasteiger partial charge < -0.3 is 25.4 Å². The Morgan fingerprint density at radius 1 is 1.10 bits per heavy atom. The first-order chi connectivity index (χ1) is 14.4. The van der Waals surface area contributed by atoms with Crippen LogP contribution in [0, 0.1) is 0 Å². The van der Waals surface area contributed by atoms with Crippen LogP contribution in [-0.4, -0.2) is 38.2 Å². The van der Waals surface area contributed by atoms with Crippen LogP contribution in [0.2, 0.25) is 0 Å². The van der Waals surface area contributed by atoms with Crippen LogP contribution < -0.4 is 25.4 Å². The number of urea groups is 1. The molecular formula is C21H23F2N3O4. The minimum Gasteiger partial charge on any atom is -0.493 e. The van der Waals surface area contributed by atoms with Crippen LogP contribution >= 0.6 is 0 Å². The zero-order chi connectivity index (χ0) is 21.5. The van der Waals surface area contributed by atoms with Crippen molar-refractivity contribution in [2.45, 2.75) is 31.9 Å². The van der Waals surface area contributed by atoms with Crippen LogP contribution in [0.15, 0.2) is 42.5 Å². The van der Waals surface area contributed by atoms with Gasteiger partial charge in [0.1, 0.15) is 0 Å². The number of ether oxygens (including phenoxy) is 2. The summed E-state index contributed by atoms with van der Waals surface area (Å²) in [4.78, 5) is 24.0. The lowest BCUT2D eigenvalue weighted by Gasteiger charge is -2.12. The van der Waals surface area contributed by atoms with E-state index < -0.39 is 6.61 Å². The van der Waals surface area contributed by atoms with E-state index in [4.69, 9.17) is 4.74 Å².